The van der Waals surface area contributed by atoms with Gasteiger partial charge in [0.15, 0.2) is 0 Å². The van der Waals surface area contributed by atoms with Gasteiger partial charge >= 0.3 is 0 Å². The zero-order valence-corrected chi connectivity index (χ0v) is 14.0. The van der Waals surface area contributed by atoms with Crippen molar-refractivity contribution >= 4 is 34.3 Å². The van der Waals surface area contributed by atoms with Crippen LogP contribution in [0.15, 0.2) is 60.8 Å². The molecular formula is C19H16ClN3O2. The number of hydrogen-bond acceptors (Lipinski definition) is 3. The van der Waals surface area contributed by atoms with Gasteiger partial charge in [0.25, 0.3) is 5.91 Å². The monoisotopic (exact) mass is 353 g/mol. The summed E-state index contributed by atoms with van der Waals surface area (Å²) in [6.07, 6.45) is 1.70. The average Bonchev–Trinajstić information content (AvgIpc) is 2.62. The van der Waals surface area contributed by atoms with E-state index in [-0.39, 0.29) is 6.42 Å². The van der Waals surface area contributed by atoms with Gasteiger partial charge in [-0.3, -0.25) is 14.6 Å². The summed E-state index contributed by atoms with van der Waals surface area (Å²) in [7, 11) is 0. The van der Waals surface area contributed by atoms with Crippen molar-refractivity contribution in [3.63, 3.8) is 0 Å². The van der Waals surface area contributed by atoms with E-state index in [1.165, 1.54) is 6.20 Å². The Morgan fingerprint density at radius 1 is 1.12 bits per heavy atom. The molecule has 3 aromatic rings. The Morgan fingerprint density at radius 3 is 2.60 bits per heavy atom. The topological polar surface area (TPSA) is 85.1 Å². The molecule has 5 nitrogen and oxygen atoms in total. The van der Waals surface area contributed by atoms with Gasteiger partial charge in [0.2, 0.25) is 5.91 Å². The molecule has 3 rings (SSSR count). The number of primary amides is 1. The fourth-order valence-electron chi connectivity index (χ4n) is 2.54. The predicted molar refractivity (Wildman–Crippen MR) is 97.3 cm³/mol. The number of benzene rings is 2. The number of nitrogens with two attached hydrogens (primary N) is 1. The third-order valence-corrected chi connectivity index (χ3v) is 4.25. The number of pyridine rings is 1. The molecular weight excluding hydrogens is 338 g/mol. The Bertz CT molecular complexity index is 943. The zero-order chi connectivity index (χ0) is 17.8. The van der Waals surface area contributed by atoms with E-state index < -0.39 is 17.9 Å². The molecule has 25 heavy (non-hydrogen) atoms. The molecule has 0 spiro atoms. The zero-order valence-electron chi connectivity index (χ0n) is 13.3. The smallest absolute Gasteiger partial charge is 0.253 e. The highest BCUT2D eigenvalue weighted by molar-refractivity contribution is 6.31. The van der Waals surface area contributed by atoms with Crippen molar-refractivity contribution < 1.29 is 9.59 Å². The standard InChI is InChI=1S/C19H16ClN3O2/c20-15-7-3-1-5-12(15)10-17(18(21)24)23-19(25)14-9-13-6-2-4-8-16(13)22-11-14/h1-9,11,17H,10H2,(H2,21,24)(H,23,25)/t17-/m1/s1. The number of nitrogens with zero attached hydrogens (tertiary/aromatic N) is 1. The molecule has 3 N–H and O–H groups in total. The van der Waals surface area contributed by atoms with Gasteiger partial charge in [0, 0.05) is 23.0 Å². The van der Waals surface area contributed by atoms with E-state index >= 15 is 0 Å². The number of halogens is 1. The molecule has 6 heteroatoms. The maximum absolute atomic E-state index is 12.5. The lowest BCUT2D eigenvalue weighted by molar-refractivity contribution is -0.119. The number of para-hydroxylation sites is 1. The summed E-state index contributed by atoms with van der Waals surface area (Å²) in [5, 5.41) is 4.03. The van der Waals surface area contributed by atoms with Gasteiger partial charge in [0.1, 0.15) is 6.04 Å². The highest BCUT2D eigenvalue weighted by atomic mass is 35.5. The minimum Gasteiger partial charge on any atom is -0.368 e. The maximum Gasteiger partial charge on any atom is 0.253 e. The highest BCUT2D eigenvalue weighted by Crippen LogP contribution is 2.17. The van der Waals surface area contributed by atoms with E-state index in [1.54, 1.807) is 24.3 Å². The van der Waals surface area contributed by atoms with Gasteiger partial charge in [0.05, 0.1) is 11.1 Å². The number of rotatable bonds is 5. The van der Waals surface area contributed by atoms with Gasteiger partial charge in [-0.25, -0.2) is 0 Å². The Kier molecular flexibility index (Phi) is 4.95. The molecule has 1 aromatic heterocycles. The van der Waals surface area contributed by atoms with Crippen LogP contribution in [0.4, 0.5) is 0 Å². The molecule has 1 heterocycles. The van der Waals surface area contributed by atoms with Crippen molar-refractivity contribution in [2.45, 2.75) is 12.5 Å². The number of hydrogen-bond donors (Lipinski definition) is 2. The lowest BCUT2D eigenvalue weighted by atomic mass is 10.0. The molecule has 1 atom stereocenters. The molecule has 0 bridgehead atoms. The molecule has 0 saturated carbocycles. The first kappa shape index (κ1) is 16.9. The van der Waals surface area contributed by atoms with Crippen LogP contribution >= 0.6 is 11.6 Å². The van der Waals surface area contributed by atoms with E-state index in [4.69, 9.17) is 17.3 Å². The number of fused-ring (bicyclic) bond motifs is 1. The molecule has 2 amide bonds. The number of carbonyl (C=O) groups excluding carboxylic acids is 2. The third kappa shape index (κ3) is 3.95. The first-order valence-electron chi connectivity index (χ1n) is 7.73. The van der Waals surface area contributed by atoms with E-state index in [0.717, 1.165) is 16.5 Å². The number of carbonyl (C=O) groups is 2. The summed E-state index contributed by atoms with van der Waals surface area (Å²) in [5.74, 6) is -1.03. The minimum atomic E-state index is -0.862. The summed E-state index contributed by atoms with van der Waals surface area (Å²) in [5.41, 5.74) is 7.34. The van der Waals surface area contributed by atoms with Gasteiger partial charge < -0.3 is 11.1 Å². The van der Waals surface area contributed by atoms with Crippen LogP contribution in [0, 0.1) is 0 Å². The van der Waals surface area contributed by atoms with E-state index in [2.05, 4.69) is 10.3 Å². The second kappa shape index (κ2) is 7.32. The molecule has 0 aliphatic carbocycles. The maximum atomic E-state index is 12.5. The van der Waals surface area contributed by atoms with Crippen molar-refractivity contribution in [1.82, 2.24) is 10.3 Å². The third-order valence-electron chi connectivity index (χ3n) is 3.88. The summed E-state index contributed by atoms with van der Waals surface area (Å²) in [6.45, 7) is 0. The number of nitrogens with one attached hydrogen (secondary N) is 1. The van der Waals surface area contributed by atoms with E-state index in [0.29, 0.717) is 10.6 Å². The number of aromatic nitrogens is 1. The summed E-state index contributed by atoms with van der Waals surface area (Å²) >= 11 is 6.12. The molecule has 0 radical (unpaired) electrons. The Balaban J connectivity index is 1.80. The quantitative estimate of drug-likeness (QED) is 0.739. The Morgan fingerprint density at radius 2 is 1.84 bits per heavy atom. The summed E-state index contributed by atoms with van der Waals surface area (Å²) in [6, 6.07) is 15.5. The molecule has 0 unspecified atom stereocenters. The average molecular weight is 354 g/mol. The van der Waals surface area contributed by atoms with Crippen LogP contribution in [0.25, 0.3) is 10.9 Å². The second-order valence-electron chi connectivity index (χ2n) is 5.64. The van der Waals surface area contributed by atoms with Crippen molar-refractivity contribution in [2.75, 3.05) is 0 Å². The number of amides is 2. The fraction of sp³-hybridized carbons (Fsp3) is 0.105. The van der Waals surface area contributed by atoms with Crippen LogP contribution in [0.2, 0.25) is 5.02 Å². The Hall–Kier alpha value is -2.92. The normalized spacial score (nSPS) is 11.9. The molecule has 126 valence electrons. The minimum absolute atomic E-state index is 0.224. The van der Waals surface area contributed by atoms with Gasteiger partial charge in [-0.1, -0.05) is 48.0 Å². The molecule has 0 aliphatic rings. The van der Waals surface area contributed by atoms with Crippen LogP contribution in [0.5, 0.6) is 0 Å². The van der Waals surface area contributed by atoms with Crippen molar-refractivity contribution in [2.24, 2.45) is 5.73 Å². The molecule has 0 aliphatic heterocycles. The highest BCUT2D eigenvalue weighted by Gasteiger charge is 2.20. The van der Waals surface area contributed by atoms with Crippen molar-refractivity contribution in [3.05, 3.63) is 76.9 Å². The van der Waals surface area contributed by atoms with Gasteiger partial charge in [-0.15, -0.1) is 0 Å². The predicted octanol–water partition coefficient (Wildman–Crippen LogP) is 2.71. The molecule has 2 aromatic carbocycles. The van der Waals surface area contributed by atoms with Crippen LogP contribution in [-0.4, -0.2) is 22.8 Å². The van der Waals surface area contributed by atoms with Crippen molar-refractivity contribution in [3.8, 4) is 0 Å². The summed E-state index contributed by atoms with van der Waals surface area (Å²) < 4.78 is 0. The SMILES string of the molecule is NC(=O)[C@@H](Cc1ccccc1Cl)NC(=O)c1cnc2ccccc2c1. The van der Waals surface area contributed by atoms with Crippen LogP contribution in [-0.2, 0) is 11.2 Å². The molecule has 0 fully saturated rings. The molecule has 0 saturated heterocycles. The van der Waals surface area contributed by atoms with E-state index in [9.17, 15) is 9.59 Å². The second-order valence-corrected chi connectivity index (χ2v) is 6.05. The Labute approximate surface area is 149 Å². The van der Waals surface area contributed by atoms with Gasteiger partial charge in [-0.05, 0) is 23.8 Å². The summed E-state index contributed by atoms with van der Waals surface area (Å²) in [4.78, 5) is 28.5. The fourth-order valence-corrected chi connectivity index (χ4v) is 2.76. The van der Waals surface area contributed by atoms with Crippen LogP contribution in [0.3, 0.4) is 0 Å². The van der Waals surface area contributed by atoms with Gasteiger partial charge in [-0.2, -0.15) is 0 Å². The first-order chi connectivity index (χ1) is 12.0. The first-order valence-corrected chi connectivity index (χ1v) is 8.11. The van der Waals surface area contributed by atoms with E-state index in [1.807, 2.05) is 30.3 Å². The largest absolute Gasteiger partial charge is 0.368 e. The lowest BCUT2D eigenvalue weighted by Gasteiger charge is -2.16. The lowest BCUT2D eigenvalue weighted by Crippen LogP contribution is -2.45. The van der Waals surface area contributed by atoms with Crippen LogP contribution in [0.1, 0.15) is 15.9 Å². The van der Waals surface area contributed by atoms with Crippen LogP contribution < -0.4 is 11.1 Å². The van der Waals surface area contributed by atoms with Crippen molar-refractivity contribution in [1.29, 1.82) is 0 Å².